The molecule has 3 rings (SSSR count). The van der Waals surface area contributed by atoms with Crippen molar-refractivity contribution in [3.8, 4) is 5.75 Å². The zero-order chi connectivity index (χ0) is 27.1. The molecule has 3 amide bonds. The molecule has 1 fully saturated rings. The molecule has 0 saturated carbocycles. The maximum absolute atomic E-state index is 14.4. The monoisotopic (exact) mass is 514 g/mol. The van der Waals surface area contributed by atoms with Crippen LogP contribution in [0.2, 0.25) is 0 Å². The van der Waals surface area contributed by atoms with E-state index in [2.05, 4.69) is 10.6 Å². The van der Waals surface area contributed by atoms with Crippen LogP contribution < -0.4 is 10.6 Å². The molecular formula is C27H35FN4O5. The minimum atomic E-state index is -1.73. The number of phenols is 1. The Kier molecular flexibility index (Phi) is 9.60. The Morgan fingerprint density at radius 2 is 1.84 bits per heavy atom. The van der Waals surface area contributed by atoms with Crippen molar-refractivity contribution in [2.75, 3.05) is 33.7 Å². The number of alkyl halides is 1. The number of benzene rings is 2. The number of carbonyl (C=O) groups is 3. The molecule has 2 aromatic carbocycles. The minimum absolute atomic E-state index is 0.0574. The molecule has 4 atom stereocenters. The van der Waals surface area contributed by atoms with Crippen molar-refractivity contribution in [2.45, 2.75) is 44.1 Å². The van der Waals surface area contributed by atoms with E-state index >= 15 is 0 Å². The molecule has 200 valence electrons. The molecule has 2 aromatic rings. The summed E-state index contributed by atoms with van der Waals surface area (Å²) in [5.41, 5.74) is 1.31. The van der Waals surface area contributed by atoms with Gasteiger partial charge in [-0.2, -0.15) is 0 Å². The summed E-state index contributed by atoms with van der Waals surface area (Å²) in [5, 5.41) is 26.6. The van der Waals surface area contributed by atoms with Crippen LogP contribution in [0, 0.1) is 6.92 Å². The molecule has 1 saturated heterocycles. The number of rotatable bonds is 10. The molecule has 37 heavy (non-hydrogen) atoms. The maximum atomic E-state index is 14.4. The third kappa shape index (κ3) is 7.27. The van der Waals surface area contributed by atoms with Gasteiger partial charge in [-0.25, -0.2) is 4.39 Å². The first-order valence-corrected chi connectivity index (χ1v) is 12.3. The van der Waals surface area contributed by atoms with Crippen LogP contribution in [0.3, 0.4) is 0 Å². The Morgan fingerprint density at radius 1 is 1.14 bits per heavy atom. The van der Waals surface area contributed by atoms with Crippen LogP contribution in [0.15, 0.2) is 48.5 Å². The minimum Gasteiger partial charge on any atom is -0.508 e. The van der Waals surface area contributed by atoms with Gasteiger partial charge < -0.3 is 30.6 Å². The molecule has 0 unspecified atom stereocenters. The fourth-order valence-electron chi connectivity index (χ4n) is 4.36. The summed E-state index contributed by atoms with van der Waals surface area (Å²) in [6.45, 7) is 2.18. The van der Waals surface area contributed by atoms with Crippen LogP contribution in [0.25, 0.3) is 0 Å². The lowest BCUT2D eigenvalue weighted by molar-refractivity contribution is -0.146. The van der Waals surface area contributed by atoms with Crippen LogP contribution in [-0.2, 0) is 16.0 Å². The summed E-state index contributed by atoms with van der Waals surface area (Å²) >= 11 is 0. The fraction of sp³-hybridized carbons (Fsp3) is 0.444. The van der Waals surface area contributed by atoms with Crippen molar-refractivity contribution in [1.82, 2.24) is 20.4 Å². The molecule has 0 bridgehead atoms. The molecule has 1 aliphatic rings. The van der Waals surface area contributed by atoms with Gasteiger partial charge in [-0.15, -0.1) is 0 Å². The number of aliphatic hydroxyl groups is 1. The molecule has 0 radical (unpaired) electrons. The number of nitrogens with one attached hydrogen (secondary N) is 2. The summed E-state index contributed by atoms with van der Waals surface area (Å²) in [6.07, 6.45) is -3.18. The molecular weight excluding hydrogens is 479 g/mol. The highest BCUT2D eigenvalue weighted by molar-refractivity contribution is 5.97. The quantitative estimate of drug-likeness (QED) is 0.376. The highest BCUT2D eigenvalue weighted by Gasteiger charge is 2.43. The fourth-order valence-corrected chi connectivity index (χ4v) is 4.36. The van der Waals surface area contributed by atoms with E-state index in [9.17, 15) is 29.0 Å². The van der Waals surface area contributed by atoms with Gasteiger partial charge >= 0.3 is 0 Å². The second-order valence-corrected chi connectivity index (χ2v) is 9.60. The molecule has 1 heterocycles. The van der Waals surface area contributed by atoms with E-state index in [1.165, 1.54) is 18.2 Å². The van der Waals surface area contributed by atoms with Crippen LogP contribution in [0.1, 0.15) is 27.9 Å². The van der Waals surface area contributed by atoms with Crippen molar-refractivity contribution in [2.24, 2.45) is 0 Å². The van der Waals surface area contributed by atoms with Crippen molar-refractivity contribution in [1.29, 1.82) is 0 Å². The van der Waals surface area contributed by atoms with Gasteiger partial charge in [0.1, 0.15) is 18.0 Å². The number of halogens is 1. The average Bonchev–Trinajstić information content (AvgIpc) is 3.26. The molecule has 9 nitrogen and oxygen atoms in total. The number of hydrogen-bond donors (Lipinski definition) is 4. The van der Waals surface area contributed by atoms with E-state index in [-0.39, 0.29) is 30.7 Å². The van der Waals surface area contributed by atoms with Gasteiger partial charge in [-0.1, -0.05) is 36.4 Å². The van der Waals surface area contributed by atoms with Crippen molar-refractivity contribution in [3.05, 3.63) is 65.2 Å². The lowest BCUT2D eigenvalue weighted by Crippen LogP contribution is -2.56. The number of aliphatic hydroxyl groups excluding tert-OH is 1. The zero-order valence-corrected chi connectivity index (χ0v) is 21.4. The number of likely N-dealkylation sites (N-methyl/N-ethyl adjacent to an activating group) is 1. The van der Waals surface area contributed by atoms with Gasteiger partial charge in [0, 0.05) is 30.6 Å². The number of nitrogens with zero attached hydrogens (tertiary/aromatic N) is 2. The SMILES string of the molecule is Cc1c(O)cccc1C(=O)N[C@@H](Cc1ccccc1)[C@H](O)C(=O)N1C[C@@H](F)C[C@@H]1C(=O)NCCN(C)C. The highest BCUT2D eigenvalue weighted by Crippen LogP contribution is 2.24. The van der Waals surface area contributed by atoms with E-state index in [1.54, 1.807) is 31.2 Å². The van der Waals surface area contributed by atoms with Gasteiger partial charge in [0.25, 0.3) is 11.8 Å². The second-order valence-electron chi connectivity index (χ2n) is 9.60. The predicted molar refractivity (Wildman–Crippen MR) is 137 cm³/mol. The first-order valence-electron chi connectivity index (χ1n) is 12.3. The number of phenolic OH excluding ortho intramolecular Hbond substituents is 1. The van der Waals surface area contributed by atoms with E-state index in [0.717, 1.165) is 10.5 Å². The Hall–Kier alpha value is -3.50. The topological polar surface area (TPSA) is 122 Å². The van der Waals surface area contributed by atoms with Crippen molar-refractivity contribution < 1.29 is 29.0 Å². The van der Waals surface area contributed by atoms with E-state index < -0.39 is 42.1 Å². The van der Waals surface area contributed by atoms with Crippen molar-refractivity contribution >= 4 is 17.7 Å². The third-order valence-electron chi connectivity index (χ3n) is 6.49. The van der Waals surface area contributed by atoms with E-state index in [0.29, 0.717) is 18.7 Å². The Balaban J connectivity index is 1.81. The molecule has 0 aromatic heterocycles. The number of amides is 3. The number of aromatic hydroxyl groups is 1. The molecule has 0 spiro atoms. The Bertz CT molecular complexity index is 1100. The van der Waals surface area contributed by atoms with E-state index in [1.807, 2.05) is 25.1 Å². The average molecular weight is 515 g/mol. The van der Waals surface area contributed by atoms with Gasteiger partial charge in [-0.05, 0) is 45.1 Å². The zero-order valence-electron chi connectivity index (χ0n) is 21.4. The Labute approximate surface area is 216 Å². The maximum Gasteiger partial charge on any atom is 0.254 e. The number of carbonyl (C=O) groups excluding carboxylic acids is 3. The summed E-state index contributed by atoms with van der Waals surface area (Å²) in [7, 11) is 3.70. The van der Waals surface area contributed by atoms with Crippen LogP contribution in [0.5, 0.6) is 5.75 Å². The molecule has 1 aliphatic heterocycles. The third-order valence-corrected chi connectivity index (χ3v) is 6.49. The smallest absolute Gasteiger partial charge is 0.254 e. The van der Waals surface area contributed by atoms with Crippen LogP contribution in [0.4, 0.5) is 4.39 Å². The highest BCUT2D eigenvalue weighted by atomic mass is 19.1. The lowest BCUT2D eigenvalue weighted by Gasteiger charge is -2.30. The normalized spacial score (nSPS) is 18.9. The summed E-state index contributed by atoms with van der Waals surface area (Å²) in [6, 6.07) is 11.4. The molecule has 0 aliphatic carbocycles. The van der Waals surface area contributed by atoms with Crippen LogP contribution >= 0.6 is 0 Å². The summed E-state index contributed by atoms with van der Waals surface area (Å²) in [5.74, 6) is -1.95. The number of hydrogen-bond acceptors (Lipinski definition) is 6. The predicted octanol–water partition coefficient (Wildman–Crippen LogP) is 1.02. The number of likely N-dealkylation sites (tertiary alicyclic amines) is 1. The summed E-state index contributed by atoms with van der Waals surface area (Å²) in [4.78, 5) is 42.1. The second kappa shape index (κ2) is 12.6. The van der Waals surface area contributed by atoms with Crippen molar-refractivity contribution in [3.63, 3.8) is 0 Å². The lowest BCUT2D eigenvalue weighted by atomic mass is 9.98. The van der Waals surface area contributed by atoms with E-state index in [4.69, 9.17) is 0 Å². The van der Waals surface area contributed by atoms with Gasteiger partial charge in [-0.3, -0.25) is 14.4 Å². The first kappa shape index (κ1) is 28.1. The standard InChI is InChI=1S/C27H35FN4O5/c1-17-20(10-7-11-23(17)33)25(35)30-21(14-18-8-5-4-6-9-18)24(34)27(37)32-16-19(28)15-22(32)26(36)29-12-13-31(2)3/h4-11,19,21-22,24,33-34H,12-16H2,1-3H3,(H,29,36)(H,30,35)/t19-,21-,22+,24-/m0/s1. The largest absolute Gasteiger partial charge is 0.508 e. The molecule has 10 heteroatoms. The first-order chi connectivity index (χ1) is 17.6. The Morgan fingerprint density at radius 3 is 2.51 bits per heavy atom. The van der Waals surface area contributed by atoms with Gasteiger partial charge in [0.15, 0.2) is 6.10 Å². The van der Waals surface area contributed by atoms with Gasteiger partial charge in [0.2, 0.25) is 5.91 Å². The van der Waals surface area contributed by atoms with Gasteiger partial charge in [0.05, 0.1) is 12.6 Å². The molecule has 4 N–H and O–H groups in total. The summed E-state index contributed by atoms with van der Waals surface area (Å²) < 4.78 is 14.4. The van der Waals surface area contributed by atoms with Crippen LogP contribution in [-0.4, -0.2) is 95.8 Å².